The number of nitrogens with zero attached hydrogens (tertiary/aromatic N) is 2. The number of fused-ring (bicyclic) bond motifs is 3. The van der Waals surface area contributed by atoms with Gasteiger partial charge in [0.2, 0.25) is 0 Å². The van der Waals surface area contributed by atoms with Crippen LogP contribution in [0.5, 0.6) is 0 Å². The third-order valence-corrected chi connectivity index (χ3v) is 10.5. The fraction of sp³-hybridized carbons (Fsp3) is 0.0377. The summed E-state index contributed by atoms with van der Waals surface area (Å²) in [7, 11) is 0. The molecule has 9 aromatic rings. The number of para-hydroxylation sites is 1. The highest BCUT2D eigenvalue weighted by atomic mass is 15.1. The SMILES string of the molecule is C=C/C(=C\C=C/C)c1c(-c2ccccc2)nc(-c2ccc(-c3c4ccccc4c(-c4ccc5cc(C)ccc5c4)c4ccccc34)cc2)n1-c1ccccc1. The van der Waals surface area contributed by atoms with E-state index >= 15 is 0 Å². The Balaban J connectivity index is 1.25. The maximum atomic E-state index is 5.43. The van der Waals surface area contributed by atoms with Crippen LogP contribution >= 0.6 is 0 Å². The van der Waals surface area contributed by atoms with Crippen molar-refractivity contribution in [3.05, 3.63) is 212 Å². The van der Waals surface area contributed by atoms with Crippen LogP contribution < -0.4 is 0 Å². The van der Waals surface area contributed by atoms with E-state index < -0.39 is 0 Å². The van der Waals surface area contributed by atoms with Crippen LogP contribution in [-0.4, -0.2) is 9.55 Å². The van der Waals surface area contributed by atoms with Crippen molar-refractivity contribution in [2.45, 2.75) is 13.8 Å². The predicted molar refractivity (Wildman–Crippen MR) is 236 cm³/mol. The molecule has 0 amide bonds. The Kier molecular flexibility index (Phi) is 8.86. The van der Waals surface area contributed by atoms with Gasteiger partial charge in [0, 0.05) is 22.4 Å². The summed E-state index contributed by atoms with van der Waals surface area (Å²) in [5, 5.41) is 7.47. The van der Waals surface area contributed by atoms with E-state index in [4.69, 9.17) is 4.98 Å². The van der Waals surface area contributed by atoms with Gasteiger partial charge in [-0.3, -0.25) is 4.57 Å². The van der Waals surface area contributed by atoms with E-state index in [1.165, 1.54) is 54.6 Å². The summed E-state index contributed by atoms with van der Waals surface area (Å²) in [6, 6.07) is 61.2. The standard InChI is InChI=1S/C53H40N2/c1-4-6-17-37(5-2)52-51(39-18-9-7-10-19-39)54-53(55(52)44-20-11-8-12-21-44)40-30-28-38(29-31-40)49-45-22-13-15-24-47(45)50(48-25-16-14-23-46(48)49)43-33-32-41-34-36(3)26-27-42(41)35-43/h4-35H,2H2,1,3H3/b6-4-,37-17+. The Hall–Kier alpha value is -7.03. The Morgan fingerprint density at radius 3 is 1.69 bits per heavy atom. The first-order valence-electron chi connectivity index (χ1n) is 18.9. The van der Waals surface area contributed by atoms with Crippen LogP contribution in [0.15, 0.2) is 201 Å². The van der Waals surface area contributed by atoms with Crippen molar-refractivity contribution in [1.29, 1.82) is 0 Å². The van der Waals surface area contributed by atoms with Gasteiger partial charge < -0.3 is 0 Å². The van der Waals surface area contributed by atoms with Gasteiger partial charge in [-0.1, -0.05) is 188 Å². The Morgan fingerprint density at radius 2 is 1.07 bits per heavy atom. The van der Waals surface area contributed by atoms with E-state index in [0.29, 0.717) is 0 Å². The monoisotopic (exact) mass is 704 g/mol. The fourth-order valence-electron chi connectivity index (χ4n) is 8.01. The van der Waals surface area contributed by atoms with Gasteiger partial charge in [0.25, 0.3) is 0 Å². The molecule has 0 saturated heterocycles. The molecular weight excluding hydrogens is 665 g/mol. The minimum Gasteiger partial charge on any atom is -0.292 e. The second-order valence-corrected chi connectivity index (χ2v) is 14.0. The van der Waals surface area contributed by atoms with Gasteiger partial charge >= 0.3 is 0 Å². The summed E-state index contributed by atoms with van der Waals surface area (Å²) in [5.41, 5.74) is 12.2. The number of rotatable bonds is 8. The average molecular weight is 705 g/mol. The average Bonchev–Trinajstić information content (AvgIpc) is 3.64. The second kappa shape index (κ2) is 14.4. The molecule has 2 heteroatoms. The lowest BCUT2D eigenvalue weighted by atomic mass is 9.85. The lowest BCUT2D eigenvalue weighted by Crippen LogP contribution is -2.02. The summed E-state index contributed by atoms with van der Waals surface area (Å²) in [6.07, 6.45) is 8.14. The third kappa shape index (κ3) is 6.08. The molecule has 0 saturated carbocycles. The molecule has 55 heavy (non-hydrogen) atoms. The van der Waals surface area contributed by atoms with Crippen molar-refractivity contribution in [3.8, 4) is 50.6 Å². The van der Waals surface area contributed by atoms with Crippen molar-refractivity contribution < 1.29 is 0 Å². The number of allylic oxidation sites excluding steroid dienone is 5. The molecule has 8 aromatic carbocycles. The number of hydrogen-bond donors (Lipinski definition) is 0. The van der Waals surface area contributed by atoms with E-state index in [1.807, 2.05) is 25.1 Å². The molecule has 2 nitrogen and oxygen atoms in total. The zero-order chi connectivity index (χ0) is 37.3. The quantitative estimate of drug-likeness (QED) is 0.114. The summed E-state index contributed by atoms with van der Waals surface area (Å²) in [6.45, 7) is 8.42. The van der Waals surface area contributed by atoms with Crippen LogP contribution in [-0.2, 0) is 0 Å². The van der Waals surface area contributed by atoms with Crippen LogP contribution in [0.1, 0.15) is 18.2 Å². The molecule has 0 aliphatic rings. The number of aromatic nitrogens is 2. The number of hydrogen-bond acceptors (Lipinski definition) is 1. The summed E-state index contributed by atoms with van der Waals surface area (Å²) >= 11 is 0. The van der Waals surface area contributed by atoms with Crippen molar-refractivity contribution >= 4 is 37.9 Å². The van der Waals surface area contributed by atoms with Gasteiger partial charge in [0.1, 0.15) is 5.82 Å². The molecule has 9 rings (SSSR count). The molecule has 0 aliphatic carbocycles. The largest absolute Gasteiger partial charge is 0.292 e. The highest BCUT2D eigenvalue weighted by Gasteiger charge is 2.23. The maximum Gasteiger partial charge on any atom is 0.145 e. The van der Waals surface area contributed by atoms with Gasteiger partial charge in [-0.05, 0) is 86.6 Å². The molecule has 0 fully saturated rings. The lowest BCUT2D eigenvalue weighted by molar-refractivity contribution is 1.05. The van der Waals surface area contributed by atoms with E-state index in [2.05, 4.69) is 194 Å². The molecule has 1 heterocycles. The van der Waals surface area contributed by atoms with Crippen molar-refractivity contribution in [3.63, 3.8) is 0 Å². The smallest absolute Gasteiger partial charge is 0.145 e. The Labute approximate surface area is 322 Å². The highest BCUT2D eigenvalue weighted by molar-refractivity contribution is 6.21. The predicted octanol–water partition coefficient (Wildman–Crippen LogP) is 14.5. The first-order valence-corrected chi connectivity index (χ1v) is 18.9. The number of aryl methyl sites for hydroxylation is 1. The van der Waals surface area contributed by atoms with Crippen LogP contribution in [0.4, 0.5) is 0 Å². The van der Waals surface area contributed by atoms with Gasteiger partial charge in [-0.25, -0.2) is 4.98 Å². The topological polar surface area (TPSA) is 17.8 Å². The van der Waals surface area contributed by atoms with E-state index in [9.17, 15) is 0 Å². The fourth-order valence-corrected chi connectivity index (χ4v) is 8.01. The van der Waals surface area contributed by atoms with Gasteiger partial charge in [-0.15, -0.1) is 0 Å². The van der Waals surface area contributed by atoms with E-state index in [1.54, 1.807) is 0 Å². The third-order valence-electron chi connectivity index (χ3n) is 10.5. The Morgan fingerprint density at radius 1 is 0.545 bits per heavy atom. The van der Waals surface area contributed by atoms with Crippen LogP contribution in [0.25, 0.3) is 88.5 Å². The Bertz CT molecular complexity index is 2870. The molecule has 0 N–H and O–H groups in total. The second-order valence-electron chi connectivity index (χ2n) is 14.0. The minimum absolute atomic E-state index is 0.872. The normalized spacial score (nSPS) is 11.9. The molecule has 0 aliphatic heterocycles. The number of imidazole rings is 1. The zero-order valence-electron chi connectivity index (χ0n) is 31.1. The summed E-state index contributed by atoms with van der Waals surface area (Å²) < 4.78 is 2.28. The summed E-state index contributed by atoms with van der Waals surface area (Å²) in [5.74, 6) is 0.872. The molecule has 0 radical (unpaired) electrons. The van der Waals surface area contributed by atoms with Gasteiger partial charge in [-0.2, -0.15) is 0 Å². The van der Waals surface area contributed by atoms with Gasteiger partial charge in [0.15, 0.2) is 0 Å². The first-order chi connectivity index (χ1) is 27.1. The number of benzene rings is 8. The van der Waals surface area contributed by atoms with Gasteiger partial charge in [0.05, 0.1) is 11.4 Å². The lowest BCUT2D eigenvalue weighted by Gasteiger charge is -2.18. The van der Waals surface area contributed by atoms with Crippen LogP contribution in [0.2, 0.25) is 0 Å². The molecule has 0 unspecified atom stereocenters. The van der Waals surface area contributed by atoms with Crippen molar-refractivity contribution in [1.82, 2.24) is 9.55 Å². The van der Waals surface area contributed by atoms with Crippen molar-refractivity contribution in [2.24, 2.45) is 0 Å². The molecular formula is C53H40N2. The first kappa shape index (κ1) is 33.8. The molecule has 0 atom stereocenters. The molecule has 0 spiro atoms. The van der Waals surface area contributed by atoms with Crippen molar-refractivity contribution in [2.75, 3.05) is 0 Å². The van der Waals surface area contributed by atoms with E-state index in [-0.39, 0.29) is 0 Å². The van der Waals surface area contributed by atoms with Crippen LogP contribution in [0.3, 0.4) is 0 Å². The summed E-state index contributed by atoms with van der Waals surface area (Å²) in [4.78, 5) is 5.43. The minimum atomic E-state index is 0.872. The molecule has 262 valence electrons. The highest BCUT2D eigenvalue weighted by Crippen LogP contribution is 2.45. The van der Waals surface area contributed by atoms with E-state index in [0.717, 1.165) is 45.2 Å². The maximum absolute atomic E-state index is 5.43. The molecule has 1 aromatic heterocycles. The zero-order valence-corrected chi connectivity index (χ0v) is 31.1. The van der Waals surface area contributed by atoms with Crippen LogP contribution in [0, 0.1) is 6.92 Å². The molecule has 0 bridgehead atoms.